The van der Waals surface area contributed by atoms with Crippen LogP contribution in [-0.4, -0.2) is 11.5 Å². The van der Waals surface area contributed by atoms with E-state index in [2.05, 4.69) is 180 Å². The van der Waals surface area contributed by atoms with Crippen LogP contribution in [0.25, 0.3) is 51.9 Å². The van der Waals surface area contributed by atoms with Crippen molar-refractivity contribution in [3.05, 3.63) is 184 Å². The largest absolute Gasteiger partial charge is 0.436 e. The zero-order chi connectivity index (χ0) is 36.2. The Balaban J connectivity index is 1.19. The molecule has 0 fully saturated rings. The lowest BCUT2D eigenvalue weighted by Crippen LogP contribution is -2.27. The molecule has 2 aliphatic carbocycles. The molecule has 0 spiro atoms. The Morgan fingerprint density at radius 3 is 2.00 bits per heavy atom. The summed E-state index contributed by atoms with van der Waals surface area (Å²) < 4.78 is 6.40. The highest BCUT2D eigenvalue weighted by atomic mass is 16.3. The molecule has 256 valence electrons. The Morgan fingerprint density at radius 1 is 0.692 bits per heavy atom. The SMILES string of the molecule is C=C(/C=c1/oc(-c2ccc(-c3ccccc3)cc2)nc1=C)N(C/C=C1\C(=C/C)c2ccccc2C1(C)C)c1ccc2c(c1)C(C)(C)c1ccccc1-2. The summed E-state index contributed by atoms with van der Waals surface area (Å²) in [5.74, 6) is 0.539. The summed E-state index contributed by atoms with van der Waals surface area (Å²) in [5.41, 5.74) is 16.0. The van der Waals surface area contributed by atoms with Crippen LogP contribution in [0.3, 0.4) is 0 Å². The van der Waals surface area contributed by atoms with Gasteiger partial charge >= 0.3 is 0 Å². The second-order valence-corrected chi connectivity index (χ2v) is 14.9. The van der Waals surface area contributed by atoms with E-state index in [1.54, 1.807) is 0 Å². The second-order valence-electron chi connectivity index (χ2n) is 14.9. The van der Waals surface area contributed by atoms with Crippen molar-refractivity contribution >= 4 is 23.9 Å². The van der Waals surface area contributed by atoms with Crippen molar-refractivity contribution in [2.45, 2.75) is 45.4 Å². The number of rotatable bonds is 7. The van der Waals surface area contributed by atoms with E-state index in [-0.39, 0.29) is 10.8 Å². The number of anilines is 1. The van der Waals surface area contributed by atoms with Crippen molar-refractivity contribution in [3.8, 4) is 33.7 Å². The van der Waals surface area contributed by atoms with Crippen LogP contribution >= 0.6 is 0 Å². The molecular formula is C49H44N2O. The van der Waals surface area contributed by atoms with Crippen LogP contribution in [0.5, 0.6) is 0 Å². The lowest BCUT2D eigenvalue weighted by atomic mass is 9.82. The van der Waals surface area contributed by atoms with Gasteiger partial charge in [-0.3, -0.25) is 0 Å². The van der Waals surface area contributed by atoms with Crippen LogP contribution in [0.15, 0.2) is 156 Å². The number of aromatic nitrogens is 1. The molecule has 0 amide bonds. The molecule has 0 unspecified atom stereocenters. The highest BCUT2D eigenvalue weighted by Crippen LogP contribution is 2.51. The van der Waals surface area contributed by atoms with Gasteiger partial charge in [0.05, 0.1) is 0 Å². The second kappa shape index (κ2) is 12.7. The van der Waals surface area contributed by atoms with Gasteiger partial charge in [-0.05, 0) is 86.8 Å². The molecule has 2 aliphatic rings. The fourth-order valence-corrected chi connectivity index (χ4v) is 8.26. The van der Waals surface area contributed by atoms with Gasteiger partial charge in [0.25, 0.3) is 0 Å². The van der Waals surface area contributed by atoms with E-state index in [0.717, 1.165) is 22.5 Å². The van der Waals surface area contributed by atoms with Gasteiger partial charge in [0, 0.05) is 40.4 Å². The normalized spacial score (nSPS) is 16.9. The number of allylic oxidation sites excluding steroid dienone is 4. The zero-order valence-corrected chi connectivity index (χ0v) is 30.7. The van der Waals surface area contributed by atoms with Crippen LogP contribution < -0.4 is 15.7 Å². The molecule has 1 heterocycles. The highest BCUT2D eigenvalue weighted by Gasteiger charge is 2.38. The summed E-state index contributed by atoms with van der Waals surface area (Å²) in [4.78, 5) is 7.03. The maximum absolute atomic E-state index is 6.40. The summed E-state index contributed by atoms with van der Waals surface area (Å²) in [5, 5.41) is 0.579. The van der Waals surface area contributed by atoms with Crippen LogP contribution in [0.2, 0.25) is 0 Å². The lowest BCUT2D eigenvalue weighted by molar-refractivity contribution is 0.540. The van der Waals surface area contributed by atoms with E-state index >= 15 is 0 Å². The topological polar surface area (TPSA) is 29.3 Å². The molecule has 5 aromatic carbocycles. The molecule has 0 radical (unpaired) electrons. The number of hydrogen-bond donors (Lipinski definition) is 0. The molecular weight excluding hydrogens is 633 g/mol. The van der Waals surface area contributed by atoms with Gasteiger partial charge in [0.15, 0.2) is 5.42 Å². The van der Waals surface area contributed by atoms with E-state index in [9.17, 15) is 0 Å². The minimum Gasteiger partial charge on any atom is -0.436 e. The molecule has 52 heavy (non-hydrogen) atoms. The van der Waals surface area contributed by atoms with Gasteiger partial charge in [0.2, 0.25) is 5.89 Å². The maximum atomic E-state index is 6.40. The minimum atomic E-state index is -0.132. The number of oxazole rings is 1. The lowest BCUT2D eigenvalue weighted by Gasteiger charge is -2.28. The third-order valence-electron chi connectivity index (χ3n) is 11.1. The van der Waals surface area contributed by atoms with E-state index < -0.39 is 0 Å². The Kier molecular flexibility index (Phi) is 8.11. The third kappa shape index (κ3) is 5.49. The smallest absolute Gasteiger partial charge is 0.227 e. The Bertz CT molecular complexity index is 2530. The number of nitrogens with zero attached hydrogens (tertiary/aromatic N) is 2. The third-order valence-corrected chi connectivity index (χ3v) is 11.1. The first-order valence-electron chi connectivity index (χ1n) is 18.1. The fraction of sp³-hybridized carbons (Fsp3) is 0.163. The van der Waals surface area contributed by atoms with Gasteiger partial charge in [-0.15, -0.1) is 0 Å². The molecule has 0 N–H and O–H groups in total. The monoisotopic (exact) mass is 676 g/mol. The number of fused-ring (bicyclic) bond motifs is 4. The molecule has 1 aromatic heterocycles. The molecule has 0 aliphatic heterocycles. The summed E-state index contributed by atoms with van der Waals surface area (Å²) in [6.07, 6.45) is 6.61. The predicted molar refractivity (Wildman–Crippen MR) is 218 cm³/mol. The van der Waals surface area contributed by atoms with Crippen LogP contribution in [0.1, 0.15) is 56.9 Å². The predicted octanol–water partition coefficient (Wildman–Crippen LogP) is 10.8. The first kappa shape index (κ1) is 33.2. The molecule has 8 rings (SSSR count). The van der Waals surface area contributed by atoms with Crippen molar-refractivity contribution in [1.82, 2.24) is 4.98 Å². The van der Waals surface area contributed by atoms with E-state index in [0.29, 0.717) is 23.2 Å². The minimum absolute atomic E-state index is 0.124. The van der Waals surface area contributed by atoms with Crippen molar-refractivity contribution < 1.29 is 4.42 Å². The summed E-state index contributed by atoms with van der Waals surface area (Å²) in [7, 11) is 0. The number of benzene rings is 5. The van der Waals surface area contributed by atoms with E-state index in [1.807, 2.05) is 12.1 Å². The Morgan fingerprint density at radius 2 is 1.29 bits per heavy atom. The van der Waals surface area contributed by atoms with Crippen molar-refractivity contribution in [2.24, 2.45) is 0 Å². The van der Waals surface area contributed by atoms with Gasteiger partial charge < -0.3 is 9.32 Å². The van der Waals surface area contributed by atoms with Gasteiger partial charge in [-0.1, -0.05) is 150 Å². The summed E-state index contributed by atoms with van der Waals surface area (Å²) >= 11 is 0. The van der Waals surface area contributed by atoms with E-state index in [1.165, 1.54) is 50.1 Å². The molecule has 0 saturated heterocycles. The van der Waals surface area contributed by atoms with Crippen molar-refractivity contribution in [3.63, 3.8) is 0 Å². The van der Waals surface area contributed by atoms with Crippen molar-refractivity contribution in [2.75, 3.05) is 11.4 Å². The van der Waals surface area contributed by atoms with Crippen LogP contribution in [0.4, 0.5) is 5.69 Å². The Hall–Kier alpha value is -5.93. The number of hydrogen-bond acceptors (Lipinski definition) is 3. The van der Waals surface area contributed by atoms with Crippen LogP contribution in [0, 0.1) is 0 Å². The maximum Gasteiger partial charge on any atom is 0.227 e. The first-order valence-corrected chi connectivity index (χ1v) is 18.1. The Labute approximate surface area is 307 Å². The summed E-state index contributed by atoms with van der Waals surface area (Å²) in [6.45, 7) is 21.0. The fourth-order valence-electron chi connectivity index (χ4n) is 8.26. The van der Waals surface area contributed by atoms with Gasteiger partial charge in [0.1, 0.15) is 5.35 Å². The molecule has 0 saturated carbocycles. The first-order chi connectivity index (χ1) is 25.1. The molecule has 3 nitrogen and oxygen atoms in total. The molecule has 0 atom stereocenters. The van der Waals surface area contributed by atoms with Crippen molar-refractivity contribution in [1.29, 1.82) is 0 Å². The van der Waals surface area contributed by atoms with Crippen LogP contribution in [-0.2, 0) is 10.8 Å². The highest BCUT2D eigenvalue weighted by molar-refractivity contribution is 5.90. The quantitative estimate of drug-likeness (QED) is 0.169. The van der Waals surface area contributed by atoms with Gasteiger partial charge in [-0.2, -0.15) is 0 Å². The summed E-state index contributed by atoms with van der Waals surface area (Å²) in [6, 6.07) is 43.1. The van der Waals surface area contributed by atoms with Gasteiger partial charge in [-0.25, -0.2) is 4.98 Å². The molecule has 0 bridgehead atoms. The average molecular weight is 677 g/mol. The van der Waals surface area contributed by atoms with E-state index in [4.69, 9.17) is 9.40 Å². The average Bonchev–Trinajstić information content (AvgIpc) is 3.72. The zero-order valence-electron chi connectivity index (χ0n) is 30.7. The molecule has 3 heteroatoms. The standard InChI is InChI=1S/C49H44N2O/c1-8-38-39-18-12-14-20-42(39)48(4,5)44(38)28-29-51(37-26-27-41-40-19-13-15-21-43(40)49(6,7)45(41)31-37)32(2)30-46-33(3)50-47(52-46)36-24-22-35(23-25-36)34-16-10-9-11-17-34/h8-28,30-31H,2-3,29H2,1,4-7H3/b38-8-,44-28+,46-30+. The molecule has 6 aromatic rings.